The second-order valence-electron chi connectivity index (χ2n) is 28.1. The molecule has 1 unspecified atom stereocenters. The third-order valence-corrected chi connectivity index (χ3v) is 24.1. The van der Waals surface area contributed by atoms with Crippen molar-refractivity contribution in [1.29, 1.82) is 0 Å². The maximum atomic E-state index is 7.33. The summed E-state index contributed by atoms with van der Waals surface area (Å²) in [4.78, 5) is 9.86. The molecule has 10 aromatic rings. The van der Waals surface area contributed by atoms with Crippen LogP contribution in [0.25, 0.3) is 45.1 Å². The Morgan fingerprint density at radius 2 is 1.13 bits per heavy atom. The van der Waals surface area contributed by atoms with Crippen molar-refractivity contribution in [1.82, 2.24) is 9.55 Å². The number of ether oxygens (including phenoxy) is 1. The maximum Gasteiger partial charge on any atom is 0.205 e. The van der Waals surface area contributed by atoms with Crippen molar-refractivity contribution >= 4 is 81.0 Å². The summed E-state index contributed by atoms with van der Waals surface area (Å²) in [6, 6.07) is 71.6. The zero-order chi connectivity index (χ0) is 58.4. The van der Waals surface area contributed by atoms with Crippen molar-refractivity contribution in [3.63, 3.8) is 0 Å². The van der Waals surface area contributed by atoms with Gasteiger partial charge in [0.15, 0.2) is 0 Å². The van der Waals surface area contributed by atoms with Gasteiger partial charge in [0.05, 0.1) is 0 Å². The van der Waals surface area contributed by atoms with Gasteiger partial charge in [0.25, 0.3) is 0 Å². The van der Waals surface area contributed by atoms with Crippen LogP contribution in [0.15, 0.2) is 182 Å². The quantitative estimate of drug-likeness (QED) is 0.118. The Bertz CT molecular complexity index is 4260. The van der Waals surface area contributed by atoms with Crippen molar-refractivity contribution < 1.29 is 25.8 Å². The summed E-state index contributed by atoms with van der Waals surface area (Å²) in [6.45, 7) is 32.7. The SMILES string of the molecule is CB1c2ccccc2[Si]2(c3ccccc31)c1cc(Oc3[c-]c(N4[CH-]N(c5c(-c6ccccc6)cc(C(C)(C)C)cc5-c5cc(C(C)(C)C)cc(C(C)(C)C)c5)c5ccccc54)ccc3)[c-]c3c1c1c(n3-c3cc(C(C)(C)C)ccn3)C=CCC12.[Pt]. The van der Waals surface area contributed by atoms with Gasteiger partial charge < -0.3 is 19.1 Å². The van der Waals surface area contributed by atoms with Gasteiger partial charge in [-0.25, -0.2) is 4.98 Å². The minimum atomic E-state index is -2.80. The van der Waals surface area contributed by atoms with Gasteiger partial charge in [0.1, 0.15) is 13.9 Å². The van der Waals surface area contributed by atoms with Gasteiger partial charge in [0.2, 0.25) is 6.71 Å². The molecular formula is C77H74BN4OPtSi-3. The summed E-state index contributed by atoms with van der Waals surface area (Å²) in [5.74, 6) is 2.20. The van der Waals surface area contributed by atoms with Crippen molar-refractivity contribution in [2.24, 2.45) is 0 Å². The van der Waals surface area contributed by atoms with Crippen LogP contribution in [0.1, 0.15) is 129 Å². The number of anilines is 4. The van der Waals surface area contributed by atoms with Crippen LogP contribution in [0.5, 0.6) is 11.5 Å². The molecule has 4 aliphatic rings. The summed E-state index contributed by atoms with van der Waals surface area (Å²) in [6.07, 6.45) is 7.73. The molecule has 0 amide bonds. The second-order valence-corrected chi connectivity index (χ2v) is 32.1. The van der Waals surface area contributed by atoms with Crippen LogP contribution in [0, 0.1) is 18.8 Å². The Balaban J connectivity index is 0.00000672. The molecule has 0 saturated heterocycles. The van der Waals surface area contributed by atoms with Crippen molar-refractivity contribution in [2.75, 3.05) is 9.80 Å². The average Bonchev–Trinajstić information content (AvgIpc) is 1.53. The molecule has 0 fully saturated rings. The smallest absolute Gasteiger partial charge is 0.205 e. The molecule has 5 nitrogen and oxygen atoms in total. The number of fused-ring (bicyclic) bond motifs is 7. The molecule has 428 valence electrons. The third-order valence-electron chi connectivity index (χ3n) is 18.7. The molecule has 0 saturated carbocycles. The first-order valence-electron chi connectivity index (χ1n) is 30.2. The molecule has 1 spiro atoms. The van der Waals surface area contributed by atoms with Gasteiger partial charge in [-0.05, 0) is 109 Å². The van der Waals surface area contributed by atoms with E-state index in [1.165, 1.54) is 87.6 Å². The monoisotopic (exact) mass is 1300 g/mol. The van der Waals surface area contributed by atoms with E-state index in [9.17, 15) is 0 Å². The van der Waals surface area contributed by atoms with Gasteiger partial charge in [0, 0.05) is 72.6 Å². The van der Waals surface area contributed by atoms with E-state index < -0.39 is 8.07 Å². The molecule has 0 radical (unpaired) electrons. The summed E-state index contributed by atoms with van der Waals surface area (Å²) in [5.41, 5.74) is 20.6. The standard InChI is InChI=1S/C77H74BN4OSi.Pt/c1-74(2,3)51-37-38-79-70(44-51)82-64-33-24-36-68-71(64)72-65(82)46-57(47-69(72)84(68)66-34-21-17-29-60(66)78(13)61-30-18-22-35-67(61)84)83-56-28-23-27-55(45-56)80-48-81(63-32-20-19-31-62(63)80)73-58(49-25-15-14-16-26-49)42-54(77(10,11)12)43-59(73)50-39-52(75(4,5)6)41-53(40-50)76(7,8)9;/h14-35,37-44,47-48,68H,36H2,1-13H3;/q-3;. The molecule has 1 atom stereocenters. The zero-order valence-corrected chi connectivity index (χ0v) is 54.6. The van der Waals surface area contributed by atoms with Gasteiger partial charge in [-0.2, -0.15) is 6.07 Å². The minimum absolute atomic E-state index is 0. The number of hydrogen-bond acceptors (Lipinski definition) is 4. The van der Waals surface area contributed by atoms with E-state index in [1.807, 2.05) is 12.3 Å². The number of allylic oxidation sites excluding steroid dienone is 1. The fourth-order valence-corrected chi connectivity index (χ4v) is 20.7. The van der Waals surface area contributed by atoms with Crippen LogP contribution < -0.4 is 41.0 Å². The van der Waals surface area contributed by atoms with E-state index in [2.05, 4.69) is 299 Å². The van der Waals surface area contributed by atoms with Crippen molar-refractivity contribution in [3.05, 3.63) is 234 Å². The summed E-state index contributed by atoms with van der Waals surface area (Å²) >= 11 is 0. The number of para-hydroxylation sites is 2. The Hall–Kier alpha value is -7.44. The van der Waals surface area contributed by atoms with E-state index in [1.54, 1.807) is 0 Å². The maximum absolute atomic E-state index is 7.33. The largest absolute Gasteiger partial charge is 0.509 e. The van der Waals surface area contributed by atoms with Gasteiger partial charge in [-0.3, -0.25) is 0 Å². The first-order valence-corrected chi connectivity index (χ1v) is 32.3. The molecule has 1 aliphatic carbocycles. The van der Waals surface area contributed by atoms with Gasteiger partial charge >= 0.3 is 0 Å². The second kappa shape index (κ2) is 20.3. The summed E-state index contributed by atoms with van der Waals surface area (Å²) in [7, 11) is -2.80. The molecule has 14 rings (SSSR count). The molecule has 2 aromatic heterocycles. The van der Waals surface area contributed by atoms with Crippen LogP contribution in [0.4, 0.5) is 22.7 Å². The van der Waals surface area contributed by atoms with Crippen LogP contribution >= 0.6 is 0 Å². The van der Waals surface area contributed by atoms with E-state index in [0.717, 1.165) is 40.5 Å². The Morgan fingerprint density at radius 1 is 0.553 bits per heavy atom. The molecule has 8 heteroatoms. The first kappa shape index (κ1) is 56.7. The Kier molecular flexibility index (Phi) is 13.6. The van der Waals surface area contributed by atoms with Gasteiger partial charge in [-0.1, -0.05) is 238 Å². The number of pyridine rings is 1. The Morgan fingerprint density at radius 3 is 1.76 bits per heavy atom. The fourth-order valence-electron chi connectivity index (χ4n) is 14.2. The predicted molar refractivity (Wildman–Crippen MR) is 357 cm³/mol. The van der Waals surface area contributed by atoms with Crippen LogP contribution in [0.3, 0.4) is 0 Å². The third kappa shape index (κ3) is 9.16. The van der Waals surface area contributed by atoms with Crippen LogP contribution in [0.2, 0.25) is 6.82 Å². The fraction of sp³-hybridized carbons (Fsp3) is 0.247. The molecule has 3 aliphatic heterocycles. The number of benzene rings is 8. The molecule has 85 heavy (non-hydrogen) atoms. The molecule has 0 bridgehead atoms. The molecule has 0 N–H and O–H groups in total. The summed E-state index contributed by atoms with van der Waals surface area (Å²) < 4.78 is 9.71. The minimum Gasteiger partial charge on any atom is -0.509 e. The average molecular weight is 1310 g/mol. The summed E-state index contributed by atoms with van der Waals surface area (Å²) in [5, 5.41) is 5.74. The van der Waals surface area contributed by atoms with Crippen molar-refractivity contribution in [2.45, 2.75) is 124 Å². The van der Waals surface area contributed by atoms with Crippen LogP contribution in [-0.2, 0) is 42.7 Å². The molecule has 8 aromatic carbocycles. The molecule has 5 heterocycles. The number of nitrogens with zero attached hydrogens (tertiary/aromatic N) is 4. The Labute approximate surface area is 520 Å². The van der Waals surface area contributed by atoms with E-state index in [4.69, 9.17) is 9.72 Å². The van der Waals surface area contributed by atoms with Crippen molar-refractivity contribution in [3.8, 4) is 39.6 Å². The number of aromatic nitrogens is 2. The van der Waals surface area contributed by atoms with E-state index in [-0.39, 0.29) is 55.0 Å². The zero-order valence-electron chi connectivity index (χ0n) is 51.4. The first-order chi connectivity index (χ1) is 40.1. The van der Waals surface area contributed by atoms with E-state index >= 15 is 0 Å². The number of rotatable bonds is 7. The number of hydrogen-bond donors (Lipinski definition) is 0. The van der Waals surface area contributed by atoms with E-state index in [0.29, 0.717) is 11.5 Å². The molecular weight excluding hydrogens is 1230 g/mol. The topological polar surface area (TPSA) is 33.5 Å². The van der Waals surface area contributed by atoms with Gasteiger partial charge in [-0.15, -0.1) is 53.3 Å². The van der Waals surface area contributed by atoms with Crippen LogP contribution in [-0.4, -0.2) is 24.3 Å². The predicted octanol–water partition coefficient (Wildman–Crippen LogP) is 16.4. The normalized spacial score (nSPS) is 15.7.